The Kier molecular flexibility index (Phi) is 8.14. The third kappa shape index (κ3) is 5.36. The molecule has 9 rings (SSSR count). The van der Waals surface area contributed by atoms with E-state index in [0.717, 1.165) is 36.0 Å². The molecule has 0 radical (unpaired) electrons. The molecule has 2 fully saturated rings. The molecule has 2 aliphatic heterocycles. The Hall–Kier alpha value is -2.74. The van der Waals surface area contributed by atoms with E-state index in [0.29, 0.717) is 29.9 Å². The molecule has 10 atom stereocenters. The van der Waals surface area contributed by atoms with Crippen LogP contribution in [0, 0.1) is 41.4 Å². The van der Waals surface area contributed by atoms with E-state index in [1.54, 1.807) is 17.0 Å². The third-order valence-corrected chi connectivity index (χ3v) is 14.3. The monoisotopic (exact) mass is 627 g/mol. The van der Waals surface area contributed by atoms with Gasteiger partial charge in [-0.3, -0.25) is 0 Å². The molecule has 1 saturated heterocycles. The molecule has 2 nitrogen and oxygen atoms in total. The van der Waals surface area contributed by atoms with Gasteiger partial charge in [0, 0.05) is 46.3 Å². The summed E-state index contributed by atoms with van der Waals surface area (Å²) in [5, 5.41) is 0. The molecule has 1 aromatic carbocycles. The van der Waals surface area contributed by atoms with Gasteiger partial charge in [0.25, 0.3) is 0 Å². The Morgan fingerprint density at radius 1 is 0.787 bits per heavy atom. The minimum atomic E-state index is 0.394. The second-order valence-electron chi connectivity index (χ2n) is 16.8. The number of allylic oxidation sites excluding steroid dienone is 11. The summed E-state index contributed by atoms with van der Waals surface area (Å²) in [6, 6.07) is 7.63. The molecule has 1 saturated carbocycles. The first-order valence-corrected chi connectivity index (χ1v) is 19.8. The van der Waals surface area contributed by atoms with Crippen molar-refractivity contribution in [3.05, 3.63) is 94.9 Å². The van der Waals surface area contributed by atoms with Crippen LogP contribution >= 0.6 is 0 Å². The SMILES string of the molecule is CC1=CC(C2CC=C(N3C4=CC(c5cccc6c5OC5CCCCC65)=CCC4C4C=CCCC43)CC2)[C@@H](C)C(C2CC=CCC2)CC1. The standard InChI is InChI=1S/C45H57NO/c1-29-19-25-35(31-11-4-3-5-12-31)30(2)41(27-29)32-20-23-34(24-21-32)46-42-17-8-6-13-37(42)38-26-22-33(28-43(38)46)36-15-10-16-40-39-14-7-9-18-44(39)47-45(36)40/h3-4,6,10,13,15-16,22-23,27-28,30-32,35,37-39,41-42,44H,5,7-9,11-12,14,17-21,24-26H2,1-2H3/t30-,31?,32?,35?,37?,38?,39?,41?,42?,44?/m0/s1. The summed E-state index contributed by atoms with van der Waals surface area (Å²) >= 11 is 0. The van der Waals surface area contributed by atoms with E-state index in [-0.39, 0.29) is 0 Å². The summed E-state index contributed by atoms with van der Waals surface area (Å²) < 4.78 is 6.77. The van der Waals surface area contributed by atoms with E-state index >= 15 is 0 Å². The van der Waals surface area contributed by atoms with Crippen LogP contribution in [0.25, 0.3) is 5.57 Å². The number of hydrogen-bond donors (Lipinski definition) is 0. The molecule has 2 heterocycles. The van der Waals surface area contributed by atoms with Gasteiger partial charge >= 0.3 is 0 Å². The van der Waals surface area contributed by atoms with Gasteiger partial charge in [-0.2, -0.15) is 0 Å². The van der Waals surface area contributed by atoms with E-state index in [4.69, 9.17) is 4.74 Å². The van der Waals surface area contributed by atoms with Gasteiger partial charge in [0.1, 0.15) is 11.9 Å². The van der Waals surface area contributed by atoms with Gasteiger partial charge < -0.3 is 9.64 Å². The Morgan fingerprint density at radius 3 is 2.57 bits per heavy atom. The van der Waals surface area contributed by atoms with Crippen LogP contribution in [0.2, 0.25) is 0 Å². The van der Waals surface area contributed by atoms with Gasteiger partial charge in [0.15, 0.2) is 0 Å². The zero-order valence-corrected chi connectivity index (χ0v) is 29.1. The number of nitrogens with zero attached hydrogens (tertiary/aromatic N) is 1. The average molecular weight is 628 g/mol. The van der Waals surface area contributed by atoms with Crippen molar-refractivity contribution in [2.75, 3.05) is 0 Å². The Labute approximate surface area is 284 Å². The minimum Gasteiger partial charge on any atom is -0.489 e. The fourth-order valence-corrected chi connectivity index (χ4v) is 11.9. The van der Waals surface area contributed by atoms with Gasteiger partial charge in [0.2, 0.25) is 0 Å². The third-order valence-electron chi connectivity index (χ3n) is 14.3. The highest BCUT2D eigenvalue weighted by Crippen LogP contribution is 2.54. The zero-order chi connectivity index (χ0) is 31.5. The molecule has 248 valence electrons. The lowest BCUT2D eigenvalue weighted by Crippen LogP contribution is -2.35. The second kappa shape index (κ2) is 12.6. The molecule has 0 amide bonds. The number of para-hydroxylation sites is 1. The highest BCUT2D eigenvalue weighted by molar-refractivity contribution is 5.81. The topological polar surface area (TPSA) is 12.5 Å². The normalized spacial score (nSPS) is 39.3. The van der Waals surface area contributed by atoms with E-state index < -0.39 is 0 Å². The summed E-state index contributed by atoms with van der Waals surface area (Å²) in [7, 11) is 0. The van der Waals surface area contributed by atoms with Gasteiger partial charge in [-0.25, -0.2) is 0 Å². The molecular formula is C45H57NO. The van der Waals surface area contributed by atoms with Gasteiger partial charge in [-0.05, 0) is 138 Å². The summed E-state index contributed by atoms with van der Waals surface area (Å²) in [6.07, 6.45) is 40.4. The number of benzene rings is 1. The van der Waals surface area contributed by atoms with Gasteiger partial charge in [-0.1, -0.05) is 79.6 Å². The minimum absolute atomic E-state index is 0.394. The number of fused-ring (bicyclic) bond motifs is 6. The fourth-order valence-electron chi connectivity index (χ4n) is 11.9. The molecule has 0 bridgehead atoms. The summed E-state index contributed by atoms with van der Waals surface area (Å²) in [5.74, 6) is 7.14. The first-order chi connectivity index (χ1) is 23.1. The highest BCUT2D eigenvalue weighted by atomic mass is 16.5. The average Bonchev–Trinajstić information content (AvgIpc) is 3.62. The number of ether oxygens (including phenoxy) is 1. The number of likely N-dealkylation sites (tertiary alicyclic amines) is 1. The Balaban J connectivity index is 0.995. The van der Waals surface area contributed by atoms with E-state index in [9.17, 15) is 0 Å². The van der Waals surface area contributed by atoms with Crippen LogP contribution in [0.15, 0.2) is 83.8 Å². The van der Waals surface area contributed by atoms with Crippen molar-refractivity contribution in [2.24, 2.45) is 41.4 Å². The van der Waals surface area contributed by atoms with Crippen LogP contribution in [0.5, 0.6) is 5.75 Å². The van der Waals surface area contributed by atoms with Crippen molar-refractivity contribution < 1.29 is 4.74 Å². The maximum Gasteiger partial charge on any atom is 0.131 e. The van der Waals surface area contributed by atoms with Crippen molar-refractivity contribution in [3.8, 4) is 5.75 Å². The van der Waals surface area contributed by atoms with Crippen molar-refractivity contribution in [2.45, 2.75) is 128 Å². The first kappa shape index (κ1) is 30.3. The predicted octanol–water partition coefficient (Wildman–Crippen LogP) is 11.7. The Morgan fingerprint density at radius 2 is 1.70 bits per heavy atom. The van der Waals surface area contributed by atoms with E-state index in [1.807, 2.05) is 0 Å². The van der Waals surface area contributed by atoms with Gasteiger partial charge in [-0.15, -0.1) is 0 Å². The maximum absolute atomic E-state index is 6.77. The largest absolute Gasteiger partial charge is 0.489 e. The lowest BCUT2D eigenvalue weighted by molar-refractivity contribution is 0.141. The van der Waals surface area contributed by atoms with E-state index in [1.165, 1.54) is 112 Å². The summed E-state index contributed by atoms with van der Waals surface area (Å²) in [4.78, 5) is 2.89. The zero-order valence-electron chi connectivity index (χ0n) is 29.1. The first-order valence-electron chi connectivity index (χ1n) is 19.8. The highest BCUT2D eigenvalue weighted by Gasteiger charge is 2.47. The maximum atomic E-state index is 6.77. The molecule has 8 aliphatic rings. The van der Waals surface area contributed by atoms with Gasteiger partial charge in [0.05, 0.1) is 0 Å². The second-order valence-corrected chi connectivity index (χ2v) is 16.8. The molecule has 6 aliphatic carbocycles. The predicted molar refractivity (Wildman–Crippen MR) is 195 cm³/mol. The lowest BCUT2D eigenvalue weighted by Gasteiger charge is -2.41. The van der Waals surface area contributed by atoms with Crippen LogP contribution in [-0.4, -0.2) is 17.0 Å². The van der Waals surface area contributed by atoms with Crippen molar-refractivity contribution in [1.82, 2.24) is 4.90 Å². The molecule has 0 aromatic heterocycles. The number of rotatable bonds is 4. The van der Waals surface area contributed by atoms with Crippen LogP contribution in [0.1, 0.15) is 127 Å². The van der Waals surface area contributed by atoms with Crippen molar-refractivity contribution in [3.63, 3.8) is 0 Å². The van der Waals surface area contributed by atoms with Crippen molar-refractivity contribution >= 4 is 5.57 Å². The van der Waals surface area contributed by atoms with Crippen molar-refractivity contribution in [1.29, 1.82) is 0 Å². The van der Waals surface area contributed by atoms with Crippen LogP contribution in [0.3, 0.4) is 0 Å². The Bertz CT molecular complexity index is 1550. The van der Waals surface area contributed by atoms with Crippen LogP contribution < -0.4 is 4.74 Å². The molecule has 0 spiro atoms. The van der Waals surface area contributed by atoms with E-state index in [2.05, 4.69) is 85.6 Å². The van der Waals surface area contributed by atoms with Crippen LogP contribution in [-0.2, 0) is 0 Å². The molecule has 9 unspecified atom stereocenters. The molecule has 1 aromatic rings. The molecule has 2 heteroatoms. The van der Waals surface area contributed by atoms with Crippen LogP contribution in [0.4, 0.5) is 0 Å². The summed E-state index contributed by atoms with van der Waals surface area (Å²) in [6.45, 7) is 5.06. The fraction of sp³-hybridized carbons (Fsp3) is 0.600. The quantitative estimate of drug-likeness (QED) is 0.308. The lowest BCUT2D eigenvalue weighted by atomic mass is 9.66. The molecule has 47 heavy (non-hydrogen) atoms. The summed E-state index contributed by atoms with van der Waals surface area (Å²) in [5.41, 5.74) is 9.13. The number of hydrogen-bond acceptors (Lipinski definition) is 2. The smallest absolute Gasteiger partial charge is 0.131 e. The molecule has 0 N–H and O–H groups in total. The molecular weight excluding hydrogens is 571 g/mol.